The summed E-state index contributed by atoms with van der Waals surface area (Å²) in [6.07, 6.45) is 4.08. The topological polar surface area (TPSA) is 99.3 Å². The summed E-state index contributed by atoms with van der Waals surface area (Å²) in [6.45, 7) is 7.98. The number of hydrogen-bond acceptors (Lipinski definition) is 4. The Morgan fingerprint density at radius 1 is 1.48 bits per heavy atom. The van der Waals surface area contributed by atoms with Crippen LogP contribution in [0.1, 0.15) is 34.1 Å². The van der Waals surface area contributed by atoms with Crippen molar-refractivity contribution < 1.29 is 9.59 Å². The normalized spacial score (nSPS) is 20.3. The van der Waals surface area contributed by atoms with Crippen molar-refractivity contribution in [3.8, 4) is 0 Å². The van der Waals surface area contributed by atoms with Gasteiger partial charge in [-0.2, -0.15) is 0 Å². The molecule has 1 aromatic carbocycles. The number of carbonyl (C=O) groups excluding carboxylic acids is 2. The van der Waals surface area contributed by atoms with E-state index in [0.29, 0.717) is 5.56 Å². The van der Waals surface area contributed by atoms with Crippen LogP contribution in [0.15, 0.2) is 36.4 Å². The average Bonchev–Trinajstić information content (AvgIpc) is 2.93. The number of hydrogen-bond donors (Lipinski definition) is 3. The molecular formula is C20H22N4O2S. The first kappa shape index (κ1) is 18.8. The highest BCUT2D eigenvalue weighted by Crippen LogP contribution is 2.33. The van der Waals surface area contributed by atoms with Gasteiger partial charge < -0.3 is 11.1 Å². The van der Waals surface area contributed by atoms with Crippen LogP contribution in [0.25, 0.3) is 16.2 Å². The van der Waals surface area contributed by atoms with Gasteiger partial charge in [0.25, 0.3) is 0 Å². The number of guanidine groups is 1. The van der Waals surface area contributed by atoms with Crippen LogP contribution in [0.3, 0.4) is 0 Å². The summed E-state index contributed by atoms with van der Waals surface area (Å²) < 4.78 is 1.07. The highest BCUT2D eigenvalue weighted by molar-refractivity contribution is 7.20. The number of fused-ring (bicyclic) bond motifs is 1. The van der Waals surface area contributed by atoms with Crippen LogP contribution in [0, 0.1) is 12.3 Å². The van der Waals surface area contributed by atoms with E-state index in [1.54, 1.807) is 24.5 Å². The molecule has 1 fully saturated rings. The van der Waals surface area contributed by atoms with Crippen LogP contribution in [0.4, 0.5) is 0 Å². The third kappa shape index (κ3) is 3.38. The molecule has 2 amide bonds. The molecule has 140 valence electrons. The molecule has 1 saturated heterocycles. The number of thiophene rings is 1. The second-order valence-corrected chi connectivity index (χ2v) is 8.04. The minimum atomic E-state index is -0.694. The van der Waals surface area contributed by atoms with Gasteiger partial charge in [0, 0.05) is 22.2 Å². The highest BCUT2D eigenvalue weighted by atomic mass is 32.1. The molecule has 0 bridgehead atoms. The zero-order valence-electron chi connectivity index (χ0n) is 15.6. The molecule has 0 unspecified atom stereocenters. The van der Waals surface area contributed by atoms with E-state index >= 15 is 0 Å². The van der Waals surface area contributed by atoms with E-state index < -0.39 is 11.4 Å². The van der Waals surface area contributed by atoms with Gasteiger partial charge in [-0.25, -0.2) is 0 Å². The Bertz CT molecular complexity index is 1000. The Hall–Kier alpha value is -2.93. The first-order valence-corrected chi connectivity index (χ1v) is 9.28. The second kappa shape index (κ2) is 6.66. The molecular weight excluding hydrogens is 360 g/mol. The Morgan fingerprint density at radius 3 is 2.81 bits per heavy atom. The van der Waals surface area contributed by atoms with Gasteiger partial charge in [0.2, 0.25) is 11.8 Å². The monoisotopic (exact) mass is 382 g/mol. The molecule has 1 aliphatic rings. The van der Waals surface area contributed by atoms with Crippen molar-refractivity contribution in [1.29, 1.82) is 5.41 Å². The molecule has 4 N–H and O–H groups in total. The van der Waals surface area contributed by atoms with Crippen LogP contribution in [-0.2, 0) is 4.79 Å². The maximum atomic E-state index is 12.1. The van der Waals surface area contributed by atoms with Crippen molar-refractivity contribution in [2.45, 2.75) is 25.8 Å². The molecule has 0 saturated carbocycles. The Labute approximate surface area is 161 Å². The van der Waals surface area contributed by atoms with E-state index in [0.717, 1.165) is 26.1 Å². The lowest BCUT2D eigenvalue weighted by molar-refractivity contribution is -0.128. The number of aryl methyl sites for hydroxylation is 1. The number of benzene rings is 1. The van der Waals surface area contributed by atoms with Gasteiger partial charge in [0.15, 0.2) is 5.96 Å². The first-order valence-electron chi connectivity index (χ1n) is 8.46. The van der Waals surface area contributed by atoms with Crippen molar-refractivity contribution in [3.63, 3.8) is 0 Å². The highest BCUT2D eigenvalue weighted by Gasteiger charge is 2.37. The molecule has 2 heterocycles. The lowest BCUT2D eigenvalue weighted by Crippen LogP contribution is -2.60. The van der Waals surface area contributed by atoms with Crippen molar-refractivity contribution in [3.05, 3.63) is 52.4 Å². The lowest BCUT2D eigenvalue weighted by atomic mass is 9.87. The molecule has 0 aliphatic carbocycles. The van der Waals surface area contributed by atoms with Crippen molar-refractivity contribution in [2.24, 2.45) is 5.73 Å². The first-order chi connectivity index (χ1) is 12.6. The van der Waals surface area contributed by atoms with E-state index in [-0.39, 0.29) is 18.3 Å². The summed E-state index contributed by atoms with van der Waals surface area (Å²) in [5, 5.41) is 12.0. The van der Waals surface area contributed by atoms with Crippen LogP contribution in [0.2, 0.25) is 0 Å². The van der Waals surface area contributed by atoms with Gasteiger partial charge in [-0.05, 0) is 54.6 Å². The number of nitrogens with zero attached hydrogens (tertiary/aromatic N) is 1. The predicted molar refractivity (Wildman–Crippen MR) is 110 cm³/mol. The van der Waals surface area contributed by atoms with Gasteiger partial charge in [-0.3, -0.25) is 19.9 Å². The quantitative estimate of drug-likeness (QED) is 0.709. The summed E-state index contributed by atoms with van der Waals surface area (Å²) in [5.74, 6) is -0.491. The summed E-state index contributed by atoms with van der Waals surface area (Å²) in [5.41, 5.74) is 6.96. The van der Waals surface area contributed by atoms with Gasteiger partial charge in [0.1, 0.15) is 0 Å². The summed E-state index contributed by atoms with van der Waals surface area (Å²) in [6, 6.07) is 5.45. The summed E-state index contributed by atoms with van der Waals surface area (Å²) in [4.78, 5) is 25.9. The maximum absolute atomic E-state index is 12.1. The minimum Gasteiger partial charge on any atom is -0.366 e. The largest absolute Gasteiger partial charge is 0.366 e. The maximum Gasteiger partial charge on any atom is 0.248 e. The minimum absolute atomic E-state index is 0.0697. The number of primary amides is 1. The fourth-order valence-electron chi connectivity index (χ4n) is 3.04. The van der Waals surface area contributed by atoms with Crippen LogP contribution in [0.5, 0.6) is 0 Å². The zero-order chi connectivity index (χ0) is 19.9. The number of amides is 2. The number of rotatable bonds is 4. The van der Waals surface area contributed by atoms with Crippen molar-refractivity contribution >= 4 is 45.3 Å². The molecule has 2 aromatic rings. The zero-order valence-corrected chi connectivity index (χ0v) is 16.4. The molecule has 1 aromatic heterocycles. The van der Waals surface area contributed by atoms with E-state index in [4.69, 9.17) is 11.1 Å². The molecule has 27 heavy (non-hydrogen) atoms. The third-order valence-electron chi connectivity index (χ3n) is 5.01. The molecule has 6 nitrogen and oxygen atoms in total. The standard InChI is InChI=1S/C20H22N4O2S/c1-11(20(3)10-17(25)24(4)19(22)23-20)5-7-15-12(2)14-9-13(18(21)26)6-8-16(14)27-15/h5-9H,1,10H2,2-4H3,(H2,21,26)(H2,22,23)/b7-5-/t20-/m0/s1. The SMILES string of the molecule is C=C(/C=C\c1sc2ccc(C(N)=O)cc2c1C)[C@]1(C)CC(=O)N(C)C(=N)N1. The van der Waals surface area contributed by atoms with Gasteiger partial charge in [0.05, 0.1) is 12.0 Å². The van der Waals surface area contributed by atoms with Gasteiger partial charge in [-0.1, -0.05) is 12.7 Å². The van der Waals surface area contributed by atoms with Crippen LogP contribution >= 0.6 is 11.3 Å². The van der Waals surface area contributed by atoms with E-state index in [2.05, 4.69) is 11.9 Å². The Morgan fingerprint density at radius 2 is 2.19 bits per heavy atom. The van der Waals surface area contributed by atoms with Crippen LogP contribution in [-0.4, -0.2) is 35.3 Å². The number of nitrogens with two attached hydrogens (primary N) is 1. The van der Waals surface area contributed by atoms with Gasteiger partial charge >= 0.3 is 0 Å². The van der Waals surface area contributed by atoms with E-state index in [9.17, 15) is 9.59 Å². The second-order valence-electron chi connectivity index (χ2n) is 6.96. The summed E-state index contributed by atoms with van der Waals surface area (Å²) in [7, 11) is 1.58. The van der Waals surface area contributed by atoms with Gasteiger partial charge in [-0.15, -0.1) is 11.3 Å². The molecule has 1 aliphatic heterocycles. The smallest absolute Gasteiger partial charge is 0.248 e. The fraction of sp³-hybridized carbons (Fsp3) is 0.250. The molecule has 1 atom stereocenters. The van der Waals surface area contributed by atoms with E-state index in [1.165, 1.54) is 4.90 Å². The average molecular weight is 382 g/mol. The number of carbonyl (C=O) groups is 2. The van der Waals surface area contributed by atoms with Crippen molar-refractivity contribution in [2.75, 3.05) is 7.05 Å². The fourth-order valence-corrected chi connectivity index (χ4v) is 4.14. The molecule has 0 radical (unpaired) electrons. The Balaban J connectivity index is 1.88. The van der Waals surface area contributed by atoms with Crippen molar-refractivity contribution in [1.82, 2.24) is 10.2 Å². The molecule has 7 heteroatoms. The van der Waals surface area contributed by atoms with Crippen LogP contribution < -0.4 is 11.1 Å². The third-order valence-corrected chi connectivity index (χ3v) is 6.25. The Kier molecular flexibility index (Phi) is 4.65. The molecule has 3 rings (SSSR count). The lowest BCUT2D eigenvalue weighted by Gasteiger charge is -2.39. The summed E-state index contributed by atoms with van der Waals surface area (Å²) >= 11 is 1.62. The number of nitrogens with one attached hydrogen (secondary N) is 2. The predicted octanol–water partition coefficient (Wildman–Crippen LogP) is 3.02. The van der Waals surface area contributed by atoms with E-state index in [1.807, 2.05) is 38.1 Å². The molecule has 0 spiro atoms.